The van der Waals surface area contributed by atoms with E-state index < -0.39 is 0 Å². The highest BCUT2D eigenvalue weighted by Crippen LogP contribution is 2.40. The lowest BCUT2D eigenvalue weighted by atomic mass is 9.83. The number of aliphatic imine (C=N–C) groups is 1. The molecule has 1 aromatic heterocycles. The lowest BCUT2D eigenvalue weighted by Gasteiger charge is -2.30. The van der Waals surface area contributed by atoms with E-state index in [9.17, 15) is 0 Å². The summed E-state index contributed by atoms with van der Waals surface area (Å²) in [6.07, 6.45) is 11.9. The Balaban J connectivity index is 0.00000280. The number of halogens is 1. The minimum atomic E-state index is 0. The molecule has 1 aliphatic carbocycles. The van der Waals surface area contributed by atoms with Crippen LogP contribution in [0.4, 0.5) is 0 Å². The van der Waals surface area contributed by atoms with Gasteiger partial charge in [-0.1, -0.05) is 31.0 Å². The first kappa shape index (κ1) is 22.7. The van der Waals surface area contributed by atoms with Crippen molar-refractivity contribution in [2.75, 3.05) is 27.3 Å². The van der Waals surface area contributed by atoms with Gasteiger partial charge in [0, 0.05) is 46.2 Å². The third-order valence-corrected chi connectivity index (χ3v) is 5.58. The van der Waals surface area contributed by atoms with Gasteiger partial charge in [-0.15, -0.1) is 24.0 Å². The van der Waals surface area contributed by atoms with Gasteiger partial charge in [0.2, 0.25) is 0 Å². The fourth-order valence-corrected chi connectivity index (χ4v) is 3.94. The molecule has 1 heterocycles. The zero-order valence-corrected chi connectivity index (χ0v) is 19.2. The third kappa shape index (κ3) is 5.94. The summed E-state index contributed by atoms with van der Waals surface area (Å²) in [6, 6.07) is 8.34. The molecule has 0 unspecified atom stereocenters. The number of benzene rings is 1. The Kier molecular flexibility index (Phi) is 9.24. The van der Waals surface area contributed by atoms with Gasteiger partial charge in [0.15, 0.2) is 5.96 Å². The normalized spacial score (nSPS) is 15.9. The summed E-state index contributed by atoms with van der Waals surface area (Å²) in [5.41, 5.74) is 2.67. The molecule has 0 bridgehead atoms. The molecule has 0 atom stereocenters. The number of guanidine groups is 1. The van der Waals surface area contributed by atoms with Crippen LogP contribution in [0.1, 0.15) is 37.7 Å². The Morgan fingerprint density at radius 3 is 2.71 bits per heavy atom. The first-order chi connectivity index (χ1) is 13.3. The summed E-state index contributed by atoms with van der Waals surface area (Å²) >= 11 is 0. The van der Waals surface area contributed by atoms with Crippen molar-refractivity contribution in [3.8, 4) is 5.69 Å². The smallest absolute Gasteiger partial charge is 0.191 e. The standard InChI is InChI=1S/C21H31N5O.HI/c1-22-20(25-16-21(11-14-27-2)9-5-6-10-21)24-15-18-7-3-4-8-19(18)26-13-12-23-17-26;/h3-4,7-8,12-13,17H,5-6,9-11,14-16H2,1-2H3,(H2,22,24,25);1H. The minimum Gasteiger partial charge on any atom is -0.385 e. The zero-order valence-electron chi connectivity index (χ0n) is 16.9. The van der Waals surface area contributed by atoms with E-state index in [0.29, 0.717) is 12.0 Å². The number of aromatic nitrogens is 2. The SMILES string of the molecule is CN=C(NCc1ccccc1-n1ccnc1)NCC1(CCOC)CCCC1.I. The summed E-state index contributed by atoms with van der Waals surface area (Å²) < 4.78 is 7.37. The van der Waals surface area contributed by atoms with E-state index in [0.717, 1.165) is 31.2 Å². The number of rotatable bonds is 8. The van der Waals surface area contributed by atoms with Gasteiger partial charge in [-0.3, -0.25) is 4.99 Å². The molecule has 3 rings (SSSR count). The zero-order chi connectivity index (χ0) is 19.0. The third-order valence-electron chi connectivity index (χ3n) is 5.58. The summed E-state index contributed by atoms with van der Waals surface area (Å²) in [5.74, 6) is 0.846. The molecular weight excluding hydrogens is 465 g/mol. The fraction of sp³-hybridized carbons (Fsp3) is 0.524. The first-order valence-corrected chi connectivity index (χ1v) is 9.76. The molecule has 6 nitrogen and oxygen atoms in total. The van der Waals surface area contributed by atoms with Gasteiger partial charge >= 0.3 is 0 Å². The van der Waals surface area contributed by atoms with E-state index in [1.54, 1.807) is 13.3 Å². The summed E-state index contributed by atoms with van der Waals surface area (Å²) in [4.78, 5) is 8.56. The topological polar surface area (TPSA) is 63.5 Å². The van der Waals surface area contributed by atoms with Gasteiger partial charge in [-0.2, -0.15) is 0 Å². The second kappa shape index (κ2) is 11.4. The Hall–Kier alpha value is -1.61. The summed E-state index contributed by atoms with van der Waals surface area (Å²) in [7, 11) is 3.61. The molecule has 0 saturated heterocycles. The first-order valence-electron chi connectivity index (χ1n) is 9.76. The highest BCUT2D eigenvalue weighted by molar-refractivity contribution is 14.0. The van der Waals surface area contributed by atoms with E-state index in [4.69, 9.17) is 4.74 Å². The summed E-state index contributed by atoms with van der Waals surface area (Å²) in [6.45, 7) is 2.48. The lowest BCUT2D eigenvalue weighted by Crippen LogP contribution is -2.43. The average Bonchev–Trinajstić information content (AvgIpc) is 3.40. The van der Waals surface area contributed by atoms with Crippen molar-refractivity contribution < 1.29 is 4.74 Å². The molecule has 0 aliphatic heterocycles. The molecule has 0 radical (unpaired) electrons. The van der Waals surface area contributed by atoms with Crippen molar-refractivity contribution in [1.29, 1.82) is 0 Å². The molecule has 1 fully saturated rings. The van der Waals surface area contributed by atoms with Crippen LogP contribution in [0.25, 0.3) is 5.69 Å². The van der Waals surface area contributed by atoms with Crippen LogP contribution in [0, 0.1) is 5.41 Å². The van der Waals surface area contributed by atoms with Crippen molar-refractivity contribution >= 4 is 29.9 Å². The second-order valence-corrected chi connectivity index (χ2v) is 7.33. The van der Waals surface area contributed by atoms with Crippen molar-refractivity contribution in [3.05, 3.63) is 48.5 Å². The molecule has 28 heavy (non-hydrogen) atoms. The molecule has 1 saturated carbocycles. The number of ether oxygens (including phenoxy) is 1. The molecule has 1 aromatic carbocycles. The Morgan fingerprint density at radius 1 is 1.25 bits per heavy atom. The van der Waals surface area contributed by atoms with Crippen molar-refractivity contribution in [3.63, 3.8) is 0 Å². The monoisotopic (exact) mass is 497 g/mol. The Bertz CT molecular complexity index is 726. The van der Waals surface area contributed by atoms with Crippen LogP contribution in [-0.4, -0.2) is 42.8 Å². The minimum absolute atomic E-state index is 0. The number of methoxy groups -OCH3 is 1. The van der Waals surface area contributed by atoms with Crippen LogP contribution in [0.5, 0.6) is 0 Å². The van der Waals surface area contributed by atoms with Gasteiger partial charge in [-0.25, -0.2) is 4.98 Å². The molecular formula is C21H32IN5O. The molecule has 0 amide bonds. The van der Waals surface area contributed by atoms with E-state index in [1.807, 2.05) is 30.2 Å². The predicted molar refractivity (Wildman–Crippen MR) is 125 cm³/mol. The van der Waals surface area contributed by atoms with Gasteiger partial charge in [0.05, 0.1) is 12.0 Å². The maximum atomic E-state index is 5.33. The van der Waals surface area contributed by atoms with Crippen LogP contribution >= 0.6 is 24.0 Å². The average molecular weight is 497 g/mol. The van der Waals surface area contributed by atoms with E-state index in [1.165, 1.54) is 31.2 Å². The number of para-hydroxylation sites is 1. The quantitative estimate of drug-likeness (QED) is 0.331. The van der Waals surface area contributed by atoms with Crippen LogP contribution in [0.3, 0.4) is 0 Å². The Morgan fingerprint density at radius 2 is 2.04 bits per heavy atom. The number of nitrogens with zero attached hydrogens (tertiary/aromatic N) is 3. The van der Waals surface area contributed by atoms with E-state index in [2.05, 4.69) is 38.8 Å². The largest absolute Gasteiger partial charge is 0.385 e. The maximum absolute atomic E-state index is 5.33. The van der Waals surface area contributed by atoms with Crippen LogP contribution in [-0.2, 0) is 11.3 Å². The van der Waals surface area contributed by atoms with E-state index >= 15 is 0 Å². The summed E-state index contributed by atoms with van der Waals surface area (Å²) in [5, 5.41) is 7.01. The highest BCUT2D eigenvalue weighted by Gasteiger charge is 2.33. The molecule has 0 spiro atoms. The molecule has 1 aliphatic rings. The van der Waals surface area contributed by atoms with Gasteiger partial charge in [0.25, 0.3) is 0 Å². The Labute approximate surface area is 185 Å². The molecule has 2 N–H and O–H groups in total. The molecule has 2 aromatic rings. The maximum Gasteiger partial charge on any atom is 0.191 e. The lowest BCUT2D eigenvalue weighted by molar-refractivity contribution is 0.138. The number of imidazole rings is 1. The number of hydrogen-bond donors (Lipinski definition) is 2. The van der Waals surface area contributed by atoms with Crippen LogP contribution < -0.4 is 10.6 Å². The van der Waals surface area contributed by atoms with Crippen molar-refractivity contribution in [2.24, 2.45) is 10.4 Å². The second-order valence-electron chi connectivity index (χ2n) is 7.33. The van der Waals surface area contributed by atoms with E-state index in [-0.39, 0.29) is 24.0 Å². The van der Waals surface area contributed by atoms with Gasteiger partial charge in [-0.05, 0) is 36.3 Å². The van der Waals surface area contributed by atoms with Crippen molar-refractivity contribution in [2.45, 2.75) is 38.6 Å². The van der Waals surface area contributed by atoms with Crippen LogP contribution in [0.2, 0.25) is 0 Å². The molecule has 154 valence electrons. The van der Waals surface area contributed by atoms with Crippen LogP contribution in [0.15, 0.2) is 48.0 Å². The predicted octanol–water partition coefficient (Wildman–Crippen LogP) is 3.75. The fourth-order valence-electron chi connectivity index (χ4n) is 3.94. The van der Waals surface area contributed by atoms with Crippen molar-refractivity contribution in [1.82, 2.24) is 20.2 Å². The number of nitrogens with one attached hydrogen (secondary N) is 2. The van der Waals surface area contributed by atoms with Gasteiger partial charge in [0.1, 0.15) is 0 Å². The van der Waals surface area contributed by atoms with Gasteiger partial charge < -0.3 is 19.9 Å². The highest BCUT2D eigenvalue weighted by atomic mass is 127. The number of hydrogen-bond acceptors (Lipinski definition) is 3. The molecule has 7 heteroatoms.